The van der Waals surface area contributed by atoms with E-state index >= 15 is 0 Å². The van der Waals surface area contributed by atoms with Gasteiger partial charge >= 0.3 is 0 Å². The van der Waals surface area contributed by atoms with Crippen LogP contribution in [-0.4, -0.2) is 15.5 Å². The molecule has 0 atom stereocenters. The van der Waals surface area contributed by atoms with Crippen LogP contribution in [0.15, 0.2) is 42.7 Å². The lowest BCUT2D eigenvalue weighted by Gasteiger charge is -1.99. The standard InChI is InChI=1S/C12H11FN2S/c13-11-4-1-5-12(7-11)15-9-10(8-14-15)3-2-6-16/h1-5,7-9,16H,6H2. The van der Waals surface area contributed by atoms with Crippen molar-refractivity contribution in [3.8, 4) is 5.69 Å². The van der Waals surface area contributed by atoms with Gasteiger partial charge in [0.05, 0.1) is 11.9 Å². The maximum absolute atomic E-state index is 13.0. The van der Waals surface area contributed by atoms with Crippen LogP contribution in [0.1, 0.15) is 5.56 Å². The van der Waals surface area contributed by atoms with Gasteiger partial charge in [-0.1, -0.05) is 18.2 Å². The van der Waals surface area contributed by atoms with Gasteiger partial charge in [0.1, 0.15) is 5.82 Å². The van der Waals surface area contributed by atoms with Crippen molar-refractivity contribution < 1.29 is 4.39 Å². The fraction of sp³-hybridized carbons (Fsp3) is 0.0833. The lowest BCUT2D eigenvalue weighted by molar-refractivity contribution is 0.625. The summed E-state index contributed by atoms with van der Waals surface area (Å²) in [5.74, 6) is 0.422. The molecule has 0 aliphatic rings. The molecule has 2 rings (SSSR count). The van der Waals surface area contributed by atoms with Crippen LogP contribution in [0.4, 0.5) is 4.39 Å². The molecule has 0 radical (unpaired) electrons. The number of hydrogen-bond acceptors (Lipinski definition) is 2. The van der Waals surface area contributed by atoms with E-state index in [0.29, 0.717) is 11.4 Å². The largest absolute Gasteiger partial charge is 0.240 e. The summed E-state index contributed by atoms with van der Waals surface area (Å²) in [7, 11) is 0. The molecule has 0 fully saturated rings. The van der Waals surface area contributed by atoms with Crippen LogP contribution in [0.3, 0.4) is 0 Å². The smallest absolute Gasteiger partial charge is 0.125 e. The Labute approximate surface area is 98.8 Å². The second-order valence-electron chi connectivity index (χ2n) is 3.28. The highest BCUT2D eigenvalue weighted by molar-refractivity contribution is 7.80. The van der Waals surface area contributed by atoms with Crippen LogP contribution < -0.4 is 0 Å². The summed E-state index contributed by atoms with van der Waals surface area (Å²) in [6, 6.07) is 6.32. The summed E-state index contributed by atoms with van der Waals surface area (Å²) in [5.41, 5.74) is 1.68. The van der Waals surface area contributed by atoms with Crippen LogP contribution in [-0.2, 0) is 0 Å². The van der Waals surface area contributed by atoms with Gasteiger partial charge in [-0.05, 0) is 18.2 Å². The number of rotatable bonds is 3. The summed E-state index contributed by atoms with van der Waals surface area (Å²) in [6.45, 7) is 0. The second kappa shape index (κ2) is 4.99. The van der Waals surface area contributed by atoms with E-state index < -0.39 is 0 Å². The molecule has 16 heavy (non-hydrogen) atoms. The molecule has 0 bridgehead atoms. The number of thiol groups is 1. The first-order valence-electron chi connectivity index (χ1n) is 4.87. The van der Waals surface area contributed by atoms with Gasteiger partial charge in [0.25, 0.3) is 0 Å². The Morgan fingerprint density at radius 3 is 3.06 bits per heavy atom. The van der Waals surface area contributed by atoms with Gasteiger partial charge in [-0.25, -0.2) is 9.07 Å². The highest BCUT2D eigenvalue weighted by Gasteiger charge is 1.99. The van der Waals surface area contributed by atoms with Crippen molar-refractivity contribution in [1.82, 2.24) is 9.78 Å². The Kier molecular flexibility index (Phi) is 3.41. The number of halogens is 1. The third-order valence-electron chi connectivity index (χ3n) is 2.09. The summed E-state index contributed by atoms with van der Waals surface area (Å²) >= 11 is 4.08. The van der Waals surface area contributed by atoms with E-state index in [4.69, 9.17) is 0 Å². The lowest BCUT2D eigenvalue weighted by Crippen LogP contribution is -1.93. The molecule has 0 saturated heterocycles. The molecule has 0 spiro atoms. The minimum absolute atomic E-state index is 0.263. The van der Waals surface area contributed by atoms with Crippen LogP contribution in [0.5, 0.6) is 0 Å². The fourth-order valence-electron chi connectivity index (χ4n) is 1.37. The topological polar surface area (TPSA) is 17.8 Å². The zero-order valence-electron chi connectivity index (χ0n) is 8.55. The predicted molar refractivity (Wildman–Crippen MR) is 66.4 cm³/mol. The van der Waals surface area contributed by atoms with Gasteiger partial charge in [-0.15, -0.1) is 0 Å². The molecular weight excluding hydrogens is 223 g/mol. The van der Waals surface area contributed by atoms with Crippen molar-refractivity contribution in [3.05, 3.63) is 54.1 Å². The van der Waals surface area contributed by atoms with Gasteiger partial charge in [0.15, 0.2) is 0 Å². The predicted octanol–water partition coefficient (Wildman–Crippen LogP) is 2.95. The van der Waals surface area contributed by atoms with E-state index in [-0.39, 0.29) is 5.82 Å². The second-order valence-corrected chi connectivity index (χ2v) is 3.65. The van der Waals surface area contributed by atoms with Crippen LogP contribution in [0.2, 0.25) is 0 Å². The Hall–Kier alpha value is -1.55. The normalized spacial score (nSPS) is 11.1. The van der Waals surface area contributed by atoms with E-state index in [9.17, 15) is 4.39 Å². The van der Waals surface area contributed by atoms with Crippen molar-refractivity contribution in [2.75, 3.05) is 5.75 Å². The number of nitrogens with zero attached hydrogens (tertiary/aromatic N) is 2. The van der Waals surface area contributed by atoms with Crippen molar-refractivity contribution in [2.45, 2.75) is 0 Å². The number of hydrogen-bond donors (Lipinski definition) is 1. The highest BCUT2D eigenvalue weighted by atomic mass is 32.1. The Morgan fingerprint density at radius 2 is 2.31 bits per heavy atom. The average molecular weight is 234 g/mol. The Balaban J connectivity index is 2.28. The third kappa shape index (κ3) is 2.52. The molecule has 1 aromatic carbocycles. The molecule has 82 valence electrons. The number of aromatic nitrogens is 2. The molecule has 0 unspecified atom stereocenters. The van der Waals surface area contributed by atoms with E-state index in [1.165, 1.54) is 12.1 Å². The minimum atomic E-state index is -0.263. The summed E-state index contributed by atoms with van der Waals surface area (Å²) in [5, 5.41) is 4.15. The first-order valence-corrected chi connectivity index (χ1v) is 5.51. The third-order valence-corrected chi connectivity index (χ3v) is 2.30. The van der Waals surface area contributed by atoms with Crippen LogP contribution in [0, 0.1) is 5.82 Å². The molecule has 2 aromatic rings. The first kappa shape index (κ1) is 11.0. The van der Waals surface area contributed by atoms with Crippen molar-refractivity contribution in [3.63, 3.8) is 0 Å². The minimum Gasteiger partial charge on any atom is -0.240 e. The summed E-state index contributed by atoms with van der Waals surface area (Å²) in [6.07, 6.45) is 7.42. The number of benzene rings is 1. The molecule has 4 heteroatoms. The molecule has 0 aliphatic carbocycles. The summed E-state index contributed by atoms with van der Waals surface area (Å²) < 4.78 is 14.6. The van der Waals surface area contributed by atoms with Gasteiger partial charge in [0.2, 0.25) is 0 Å². The van der Waals surface area contributed by atoms with E-state index in [2.05, 4.69) is 17.7 Å². The quantitative estimate of drug-likeness (QED) is 0.808. The maximum atomic E-state index is 13.0. The molecule has 0 N–H and O–H groups in total. The monoisotopic (exact) mass is 234 g/mol. The van der Waals surface area contributed by atoms with Crippen molar-refractivity contribution in [1.29, 1.82) is 0 Å². The molecule has 0 aliphatic heterocycles. The lowest BCUT2D eigenvalue weighted by atomic mass is 10.3. The highest BCUT2D eigenvalue weighted by Crippen LogP contribution is 2.10. The zero-order valence-corrected chi connectivity index (χ0v) is 9.44. The van der Waals surface area contributed by atoms with Crippen LogP contribution in [0.25, 0.3) is 11.8 Å². The Bertz CT molecular complexity index is 505. The van der Waals surface area contributed by atoms with E-state index in [1.807, 2.05) is 24.4 Å². The SMILES string of the molecule is Fc1cccc(-n2cc(C=CCS)cn2)c1. The fourth-order valence-corrected chi connectivity index (χ4v) is 1.48. The van der Waals surface area contributed by atoms with E-state index in [0.717, 1.165) is 5.56 Å². The van der Waals surface area contributed by atoms with Crippen molar-refractivity contribution in [2.24, 2.45) is 0 Å². The molecule has 2 nitrogen and oxygen atoms in total. The molecule has 0 saturated carbocycles. The Morgan fingerprint density at radius 1 is 1.44 bits per heavy atom. The van der Waals surface area contributed by atoms with Crippen LogP contribution >= 0.6 is 12.6 Å². The maximum Gasteiger partial charge on any atom is 0.125 e. The average Bonchev–Trinajstić information content (AvgIpc) is 2.75. The van der Waals surface area contributed by atoms with Gasteiger partial charge in [-0.2, -0.15) is 17.7 Å². The van der Waals surface area contributed by atoms with E-state index in [1.54, 1.807) is 16.9 Å². The molecule has 1 heterocycles. The first-order chi connectivity index (χ1) is 7.79. The van der Waals surface area contributed by atoms with Gasteiger partial charge < -0.3 is 0 Å². The molecular formula is C12H11FN2S. The molecule has 1 aromatic heterocycles. The van der Waals surface area contributed by atoms with Gasteiger partial charge in [-0.3, -0.25) is 0 Å². The molecule has 0 amide bonds. The van der Waals surface area contributed by atoms with Gasteiger partial charge in [0, 0.05) is 17.5 Å². The van der Waals surface area contributed by atoms with Crippen molar-refractivity contribution >= 4 is 18.7 Å². The zero-order chi connectivity index (χ0) is 11.4. The summed E-state index contributed by atoms with van der Waals surface area (Å²) in [4.78, 5) is 0.